The van der Waals surface area contributed by atoms with Gasteiger partial charge >= 0.3 is 0 Å². The number of nitrogens with zero attached hydrogens (tertiary/aromatic N) is 1. The maximum Gasteiger partial charge on any atom is 0.250 e. The topological polar surface area (TPSA) is 31.2 Å². The van der Waals surface area contributed by atoms with E-state index >= 15 is 0 Å². The largest absolute Gasteiger partial charge is 0.380 e. The van der Waals surface area contributed by atoms with Gasteiger partial charge in [-0.15, -0.1) is 0 Å². The number of aryl methyl sites for hydroxylation is 1. The van der Waals surface area contributed by atoms with Crippen LogP contribution in [0.4, 0.5) is 0 Å². The smallest absolute Gasteiger partial charge is 0.250 e. The van der Waals surface area contributed by atoms with Crippen molar-refractivity contribution in [2.75, 3.05) is 13.2 Å². The third-order valence-electron chi connectivity index (χ3n) is 2.47. The first-order chi connectivity index (χ1) is 7.59. The molecule has 16 heavy (non-hydrogen) atoms. The molecular weight excluding hydrogens is 202 g/mol. The standard InChI is InChI=1S/C13H21NO2/c1-11(2)5-8-16-9-7-14-6-4-12(3)10-13(14)15/h4,6,10-11H,5,7-9H2,1-3H3. The molecule has 0 fully saturated rings. The molecule has 0 aromatic carbocycles. The van der Waals surface area contributed by atoms with E-state index in [1.54, 1.807) is 10.6 Å². The van der Waals surface area contributed by atoms with Crippen LogP contribution in [0.2, 0.25) is 0 Å². The average molecular weight is 223 g/mol. The highest BCUT2D eigenvalue weighted by molar-refractivity contribution is 5.07. The molecule has 1 aromatic heterocycles. The van der Waals surface area contributed by atoms with Crippen molar-refractivity contribution in [1.82, 2.24) is 4.57 Å². The fourth-order valence-electron chi connectivity index (χ4n) is 1.38. The summed E-state index contributed by atoms with van der Waals surface area (Å²) in [5, 5.41) is 0. The van der Waals surface area contributed by atoms with Gasteiger partial charge in [0.25, 0.3) is 5.56 Å². The number of hydrogen-bond acceptors (Lipinski definition) is 2. The van der Waals surface area contributed by atoms with Crippen molar-refractivity contribution >= 4 is 0 Å². The van der Waals surface area contributed by atoms with Crippen LogP contribution in [0.3, 0.4) is 0 Å². The van der Waals surface area contributed by atoms with Gasteiger partial charge < -0.3 is 9.30 Å². The first-order valence-electron chi connectivity index (χ1n) is 5.84. The molecule has 1 aromatic rings. The molecule has 0 aliphatic carbocycles. The summed E-state index contributed by atoms with van der Waals surface area (Å²) in [6, 6.07) is 3.59. The van der Waals surface area contributed by atoms with E-state index in [9.17, 15) is 4.79 Å². The summed E-state index contributed by atoms with van der Waals surface area (Å²) in [5.41, 5.74) is 1.05. The summed E-state index contributed by atoms with van der Waals surface area (Å²) in [5.74, 6) is 0.669. The van der Waals surface area contributed by atoms with E-state index in [0.29, 0.717) is 19.1 Å². The molecule has 0 radical (unpaired) electrons. The average Bonchev–Trinajstić information content (AvgIpc) is 2.20. The van der Waals surface area contributed by atoms with E-state index in [2.05, 4.69) is 13.8 Å². The first kappa shape index (κ1) is 13.0. The van der Waals surface area contributed by atoms with Crippen molar-refractivity contribution in [3.63, 3.8) is 0 Å². The predicted octanol–water partition coefficient (Wildman–Crippen LogP) is 2.22. The molecule has 0 bridgehead atoms. The Hall–Kier alpha value is -1.09. The Balaban J connectivity index is 2.30. The van der Waals surface area contributed by atoms with Crippen molar-refractivity contribution in [1.29, 1.82) is 0 Å². The van der Waals surface area contributed by atoms with E-state index in [4.69, 9.17) is 4.74 Å². The van der Waals surface area contributed by atoms with Gasteiger partial charge in [0.05, 0.1) is 6.61 Å². The summed E-state index contributed by atoms with van der Waals surface area (Å²) >= 11 is 0. The van der Waals surface area contributed by atoms with E-state index in [-0.39, 0.29) is 5.56 Å². The highest BCUT2D eigenvalue weighted by atomic mass is 16.5. The van der Waals surface area contributed by atoms with Crippen molar-refractivity contribution in [3.05, 3.63) is 34.2 Å². The van der Waals surface area contributed by atoms with Gasteiger partial charge in [0.15, 0.2) is 0 Å². The Labute approximate surface area is 97.1 Å². The molecular formula is C13H21NO2. The minimum Gasteiger partial charge on any atom is -0.380 e. The van der Waals surface area contributed by atoms with Gasteiger partial charge in [-0.1, -0.05) is 13.8 Å². The summed E-state index contributed by atoms with van der Waals surface area (Å²) in [6.45, 7) is 8.29. The fourth-order valence-corrected chi connectivity index (χ4v) is 1.38. The van der Waals surface area contributed by atoms with Gasteiger partial charge in [-0.05, 0) is 30.9 Å². The first-order valence-corrected chi connectivity index (χ1v) is 5.84. The Kier molecular flexibility index (Phi) is 5.26. The molecule has 0 saturated carbocycles. The van der Waals surface area contributed by atoms with Crippen LogP contribution in [-0.4, -0.2) is 17.8 Å². The van der Waals surface area contributed by atoms with Gasteiger partial charge in [-0.2, -0.15) is 0 Å². The number of ether oxygens (including phenoxy) is 1. The molecule has 0 spiro atoms. The van der Waals surface area contributed by atoms with Crippen LogP contribution in [0.5, 0.6) is 0 Å². The predicted molar refractivity (Wildman–Crippen MR) is 65.7 cm³/mol. The Morgan fingerprint density at radius 1 is 1.38 bits per heavy atom. The maximum atomic E-state index is 11.5. The number of rotatable bonds is 6. The lowest BCUT2D eigenvalue weighted by atomic mass is 10.1. The third-order valence-corrected chi connectivity index (χ3v) is 2.47. The van der Waals surface area contributed by atoms with E-state index in [1.807, 2.05) is 19.2 Å². The second kappa shape index (κ2) is 6.48. The molecule has 0 aliphatic heterocycles. The lowest BCUT2D eigenvalue weighted by Gasteiger charge is -2.08. The van der Waals surface area contributed by atoms with Crippen LogP contribution in [0, 0.1) is 12.8 Å². The van der Waals surface area contributed by atoms with Crippen molar-refractivity contribution < 1.29 is 4.74 Å². The second-order valence-corrected chi connectivity index (χ2v) is 4.53. The number of pyridine rings is 1. The molecule has 3 heteroatoms. The quantitative estimate of drug-likeness (QED) is 0.692. The summed E-state index contributed by atoms with van der Waals surface area (Å²) in [6.07, 6.45) is 2.90. The van der Waals surface area contributed by atoms with Crippen molar-refractivity contribution in [2.24, 2.45) is 5.92 Å². The number of hydrogen-bond donors (Lipinski definition) is 0. The second-order valence-electron chi connectivity index (χ2n) is 4.53. The van der Waals surface area contributed by atoms with Crippen LogP contribution in [0.25, 0.3) is 0 Å². The van der Waals surface area contributed by atoms with Crippen LogP contribution in [0.15, 0.2) is 23.1 Å². The normalized spacial score (nSPS) is 11.0. The van der Waals surface area contributed by atoms with Crippen molar-refractivity contribution in [3.8, 4) is 0 Å². The van der Waals surface area contributed by atoms with Gasteiger partial charge in [0.1, 0.15) is 0 Å². The zero-order valence-corrected chi connectivity index (χ0v) is 10.4. The van der Waals surface area contributed by atoms with Crippen LogP contribution >= 0.6 is 0 Å². The van der Waals surface area contributed by atoms with E-state index < -0.39 is 0 Å². The Bertz CT molecular complexity index is 368. The zero-order chi connectivity index (χ0) is 12.0. The lowest BCUT2D eigenvalue weighted by Crippen LogP contribution is -2.21. The maximum absolute atomic E-state index is 11.5. The number of aromatic nitrogens is 1. The molecule has 0 N–H and O–H groups in total. The monoisotopic (exact) mass is 223 g/mol. The molecule has 0 atom stereocenters. The lowest BCUT2D eigenvalue weighted by molar-refractivity contribution is 0.115. The van der Waals surface area contributed by atoms with E-state index in [1.165, 1.54) is 0 Å². The van der Waals surface area contributed by atoms with Crippen LogP contribution in [-0.2, 0) is 11.3 Å². The Morgan fingerprint density at radius 2 is 2.12 bits per heavy atom. The van der Waals surface area contributed by atoms with Gasteiger partial charge in [-0.3, -0.25) is 4.79 Å². The molecule has 1 heterocycles. The minimum absolute atomic E-state index is 0.0486. The molecule has 0 amide bonds. The molecule has 1 rings (SSSR count). The SMILES string of the molecule is Cc1ccn(CCOCCC(C)C)c(=O)c1. The summed E-state index contributed by atoms with van der Waals surface area (Å²) in [4.78, 5) is 11.5. The Morgan fingerprint density at radius 3 is 2.75 bits per heavy atom. The molecule has 0 saturated heterocycles. The van der Waals surface area contributed by atoms with Crippen LogP contribution < -0.4 is 5.56 Å². The fraction of sp³-hybridized carbons (Fsp3) is 0.615. The molecule has 3 nitrogen and oxygen atoms in total. The third kappa shape index (κ3) is 4.62. The zero-order valence-electron chi connectivity index (χ0n) is 10.4. The highest BCUT2D eigenvalue weighted by Gasteiger charge is 1.97. The van der Waals surface area contributed by atoms with Crippen molar-refractivity contribution in [2.45, 2.75) is 33.7 Å². The van der Waals surface area contributed by atoms with Crippen LogP contribution in [0.1, 0.15) is 25.8 Å². The van der Waals surface area contributed by atoms with Gasteiger partial charge in [0.2, 0.25) is 0 Å². The minimum atomic E-state index is 0.0486. The highest BCUT2D eigenvalue weighted by Crippen LogP contribution is 1.98. The molecule has 90 valence electrons. The van der Waals surface area contributed by atoms with Gasteiger partial charge in [-0.25, -0.2) is 0 Å². The summed E-state index contributed by atoms with van der Waals surface area (Å²) < 4.78 is 7.16. The molecule has 0 unspecified atom stereocenters. The molecule has 0 aliphatic rings. The summed E-state index contributed by atoms with van der Waals surface area (Å²) in [7, 11) is 0. The van der Waals surface area contributed by atoms with Gasteiger partial charge in [0, 0.05) is 25.4 Å². The van der Waals surface area contributed by atoms with E-state index in [0.717, 1.165) is 18.6 Å².